The van der Waals surface area contributed by atoms with E-state index in [0.717, 1.165) is 15.6 Å². The monoisotopic (exact) mass is 583 g/mol. The number of rotatable bonds is 10. The average Bonchev–Trinajstić information content (AvgIpc) is 3.62. The van der Waals surface area contributed by atoms with Crippen LogP contribution in [0.3, 0.4) is 0 Å². The summed E-state index contributed by atoms with van der Waals surface area (Å²) in [4.78, 5) is 17.9. The van der Waals surface area contributed by atoms with Crippen molar-refractivity contribution in [3.05, 3.63) is 113 Å². The summed E-state index contributed by atoms with van der Waals surface area (Å²) in [5, 5.41) is 14.9. The van der Waals surface area contributed by atoms with E-state index in [1.807, 2.05) is 50.2 Å². The lowest BCUT2D eigenvalue weighted by Crippen LogP contribution is -2.26. The van der Waals surface area contributed by atoms with Crippen molar-refractivity contribution in [1.82, 2.24) is 14.9 Å². The number of fused-ring (bicyclic) bond motifs is 1. The maximum absolute atomic E-state index is 14.0. The SMILES string of the molecule is CC(C)CNC(=O)c1cc2cc(NC(c3nccn3Cc3ccc(C#N)cc3)S(=O)(=O)c3ccccc3)ccc2s1. The number of thiophene rings is 1. The van der Waals surface area contributed by atoms with Crippen LogP contribution in [0.2, 0.25) is 0 Å². The number of nitrogens with zero attached hydrogens (tertiary/aromatic N) is 3. The molecule has 0 aliphatic heterocycles. The van der Waals surface area contributed by atoms with Crippen molar-refractivity contribution in [1.29, 1.82) is 5.26 Å². The fourth-order valence-electron chi connectivity index (χ4n) is 4.38. The molecule has 0 saturated heterocycles. The van der Waals surface area contributed by atoms with Crippen LogP contribution < -0.4 is 10.6 Å². The quantitative estimate of drug-likeness (QED) is 0.209. The normalized spacial score (nSPS) is 12.2. The van der Waals surface area contributed by atoms with Crippen LogP contribution in [0.4, 0.5) is 5.69 Å². The van der Waals surface area contributed by atoms with Gasteiger partial charge in [-0.15, -0.1) is 11.3 Å². The number of benzene rings is 3. The van der Waals surface area contributed by atoms with Crippen molar-refractivity contribution in [2.24, 2.45) is 5.92 Å². The number of hydrogen-bond acceptors (Lipinski definition) is 7. The Morgan fingerprint density at radius 2 is 1.80 bits per heavy atom. The number of hydrogen-bond donors (Lipinski definition) is 2. The fraction of sp³-hybridized carbons (Fsp3) is 0.194. The van der Waals surface area contributed by atoms with E-state index in [4.69, 9.17) is 5.26 Å². The number of sulfone groups is 1. The standard InChI is InChI=1S/C31H29N5O3S2/c1-21(2)19-34-30(37)28-17-24-16-25(12-13-27(24)40-28)35-31(41(38,39)26-6-4-3-5-7-26)29-33-14-15-36(29)20-23-10-8-22(18-32)9-11-23/h3-17,21,31,35H,19-20H2,1-2H3,(H,34,37). The van der Waals surface area contributed by atoms with Crippen molar-refractivity contribution in [2.45, 2.75) is 30.7 Å². The van der Waals surface area contributed by atoms with Crippen LogP contribution in [0.1, 0.15) is 45.8 Å². The summed E-state index contributed by atoms with van der Waals surface area (Å²) in [7, 11) is -3.92. The summed E-state index contributed by atoms with van der Waals surface area (Å²) in [6.45, 7) is 5.05. The number of carbonyl (C=O) groups excluding carboxylic acids is 1. The van der Waals surface area contributed by atoms with Crippen LogP contribution in [-0.4, -0.2) is 30.4 Å². The molecule has 1 unspecified atom stereocenters. The molecule has 5 rings (SSSR count). The molecule has 1 amide bonds. The first-order valence-electron chi connectivity index (χ1n) is 13.1. The minimum atomic E-state index is -3.92. The van der Waals surface area contributed by atoms with Gasteiger partial charge in [-0.2, -0.15) is 5.26 Å². The maximum atomic E-state index is 14.0. The van der Waals surface area contributed by atoms with Gasteiger partial charge in [0.15, 0.2) is 5.37 Å². The van der Waals surface area contributed by atoms with Gasteiger partial charge in [-0.25, -0.2) is 13.4 Å². The molecule has 8 nitrogen and oxygen atoms in total. The molecule has 208 valence electrons. The number of aromatic nitrogens is 2. The first-order valence-corrected chi connectivity index (χ1v) is 15.5. The number of imidazole rings is 1. The zero-order chi connectivity index (χ0) is 29.0. The molecule has 3 aromatic carbocycles. The van der Waals surface area contributed by atoms with Crippen LogP contribution in [0.5, 0.6) is 0 Å². The van der Waals surface area contributed by atoms with Crippen molar-refractivity contribution < 1.29 is 13.2 Å². The lowest BCUT2D eigenvalue weighted by molar-refractivity contribution is 0.0953. The third-order valence-corrected chi connectivity index (χ3v) is 9.50. The lowest BCUT2D eigenvalue weighted by atomic mass is 10.1. The predicted octanol–water partition coefficient (Wildman–Crippen LogP) is 5.99. The third kappa shape index (κ3) is 6.32. The van der Waals surface area contributed by atoms with Gasteiger partial charge in [0.05, 0.1) is 21.4 Å². The highest BCUT2D eigenvalue weighted by Gasteiger charge is 2.33. The maximum Gasteiger partial charge on any atom is 0.261 e. The molecule has 2 heterocycles. The molecule has 0 spiro atoms. The molecule has 0 fully saturated rings. The van der Waals surface area contributed by atoms with Crippen LogP contribution in [0, 0.1) is 17.2 Å². The van der Waals surface area contributed by atoms with Crippen molar-refractivity contribution >= 4 is 42.9 Å². The number of amides is 1. The first-order chi connectivity index (χ1) is 19.7. The molecular formula is C31H29N5O3S2. The van der Waals surface area contributed by atoms with E-state index < -0.39 is 15.2 Å². The van der Waals surface area contributed by atoms with Gasteiger partial charge >= 0.3 is 0 Å². The Labute approximate surface area is 243 Å². The summed E-state index contributed by atoms with van der Waals surface area (Å²) in [6, 6.07) is 24.9. The molecule has 0 bridgehead atoms. The molecule has 2 aromatic heterocycles. The minimum absolute atomic E-state index is 0.122. The fourth-order valence-corrected chi connectivity index (χ4v) is 6.91. The topological polar surface area (TPSA) is 117 Å². The Hall–Kier alpha value is -4.46. The Bertz CT molecular complexity index is 1820. The van der Waals surface area contributed by atoms with Crippen molar-refractivity contribution in [3.8, 4) is 6.07 Å². The molecule has 1 atom stereocenters. The second-order valence-electron chi connectivity index (χ2n) is 10.1. The summed E-state index contributed by atoms with van der Waals surface area (Å²) in [5.41, 5.74) is 2.04. The number of carbonyl (C=O) groups is 1. The summed E-state index contributed by atoms with van der Waals surface area (Å²) in [6.07, 6.45) is 3.32. The summed E-state index contributed by atoms with van der Waals surface area (Å²) >= 11 is 1.40. The van der Waals surface area contributed by atoms with Gasteiger partial charge in [-0.3, -0.25) is 4.79 Å². The van der Waals surface area contributed by atoms with E-state index in [1.54, 1.807) is 59.4 Å². The van der Waals surface area contributed by atoms with Crippen LogP contribution >= 0.6 is 11.3 Å². The molecule has 5 aromatic rings. The lowest BCUT2D eigenvalue weighted by Gasteiger charge is -2.21. The summed E-state index contributed by atoms with van der Waals surface area (Å²) < 4.78 is 30.7. The highest BCUT2D eigenvalue weighted by atomic mass is 32.2. The highest BCUT2D eigenvalue weighted by molar-refractivity contribution is 7.91. The second kappa shape index (κ2) is 12.0. The molecule has 0 aliphatic rings. The minimum Gasteiger partial charge on any atom is -0.363 e. The average molecular weight is 584 g/mol. The Morgan fingerprint density at radius 1 is 1.05 bits per heavy atom. The Kier molecular flexibility index (Phi) is 8.19. The molecule has 41 heavy (non-hydrogen) atoms. The zero-order valence-corrected chi connectivity index (χ0v) is 24.2. The van der Waals surface area contributed by atoms with Crippen LogP contribution in [0.15, 0.2) is 96.2 Å². The smallest absolute Gasteiger partial charge is 0.261 e. The predicted molar refractivity (Wildman–Crippen MR) is 161 cm³/mol. The van der Waals surface area contributed by atoms with Gasteiger partial charge < -0.3 is 15.2 Å². The molecule has 0 aliphatic carbocycles. The second-order valence-corrected chi connectivity index (χ2v) is 13.2. The van der Waals surface area contributed by atoms with E-state index >= 15 is 0 Å². The molecule has 0 saturated carbocycles. The molecule has 2 N–H and O–H groups in total. The van der Waals surface area contributed by atoms with E-state index in [9.17, 15) is 13.2 Å². The zero-order valence-electron chi connectivity index (χ0n) is 22.6. The van der Waals surface area contributed by atoms with E-state index in [2.05, 4.69) is 21.7 Å². The summed E-state index contributed by atoms with van der Waals surface area (Å²) in [5.74, 6) is 0.554. The van der Waals surface area contributed by atoms with Gasteiger partial charge in [0.2, 0.25) is 9.84 Å². The van der Waals surface area contributed by atoms with Crippen LogP contribution in [0.25, 0.3) is 10.1 Å². The molecular weight excluding hydrogens is 555 g/mol. The van der Waals surface area contributed by atoms with Crippen molar-refractivity contribution in [3.63, 3.8) is 0 Å². The van der Waals surface area contributed by atoms with E-state index in [-0.39, 0.29) is 10.8 Å². The number of nitrogens with one attached hydrogen (secondary N) is 2. The third-order valence-electron chi connectivity index (χ3n) is 6.51. The van der Waals surface area contributed by atoms with E-state index in [1.165, 1.54) is 11.3 Å². The first kappa shape index (κ1) is 28.1. The Morgan fingerprint density at radius 3 is 2.51 bits per heavy atom. The van der Waals surface area contributed by atoms with Gasteiger partial charge in [0.25, 0.3) is 5.91 Å². The van der Waals surface area contributed by atoms with E-state index in [0.29, 0.717) is 41.0 Å². The Balaban J connectivity index is 1.50. The number of nitriles is 1. The largest absolute Gasteiger partial charge is 0.363 e. The van der Waals surface area contributed by atoms with Crippen molar-refractivity contribution in [2.75, 3.05) is 11.9 Å². The molecule has 0 radical (unpaired) electrons. The molecule has 10 heteroatoms. The van der Waals surface area contributed by atoms with Crippen LogP contribution in [-0.2, 0) is 16.4 Å². The van der Waals surface area contributed by atoms with Gasteiger partial charge in [-0.1, -0.05) is 44.2 Å². The van der Waals surface area contributed by atoms with Gasteiger partial charge in [-0.05, 0) is 65.4 Å². The van der Waals surface area contributed by atoms with Gasteiger partial charge in [0, 0.05) is 35.9 Å². The number of anilines is 1. The highest BCUT2D eigenvalue weighted by Crippen LogP contribution is 2.33. The van der Waals surface area contributed by atoms with Gasteiger partial charge in [0.1, 0.15) is 5.82 Å².